The van der Waals surface area contributed by atoms with E-state index in [0.29, 0.717) is 23.0 Å². The van der Waals surface area contributed by atoms with Gasteiger partial charge in [0, 0.05) is 24.4 Å². The molecule has 0 aliphatic rings. The normalized spacial score (nSPS) is 10.5. The Labute approximate surface area is 153 Å². The molecule has 2 rings (SSSR count). The fourth-order valence-corrected chi connectivity index (χ4v) is 2.30. The Hall–Kier alpha value is -2.87. The highest BCUT2D eigenvalue weighted by Gasteiger charge is 2.11. The van der Waals surface area contributed by atoms with Gasteiger partial charge in [0.25, 0.3) is 5.91 Å². The van der Waals surface area contributed by atoms with E-state index in [1.165, 1.54) is 6.33 Å². The maximum absolute atomic E-state index is 12.4. The monoisotopic (exact) mass is 359 g/mol. The predicted octanol–water partition coefficient (Wildman–Crippen LogP) is 2.11. The molecule has 0 spiro atoms. The second kappa shape index (κ2) is 9.57. The molecule has 0 aliphatic carbocycles. The summed E-state index contributed by atoms with van der Waals surface area (Å²) < 4.78 is 10.4. The molecule has 1 amide bonds. The summed E-state index contributed by atoms with van der Waals surface area (Å²) in [5.74, 6) is 1.43. The second-order valence-corrected chi connectivity index (χ2v) is 5.90. The first-order valence-corrected chi connectivity index (χ1v) is 8.27. The number of carbonyl (C=O) groups excluding carboxylic acids is 1. The summed E-state index contributed by atoms with van der Waals surface area (Å²) in [4.78, 5) is 22.7. The van der Waals surface area contributed by atoms with Gasteiger partial charge in [0.1, 0.15) is 17.8 Å². The summed E-state index contributed by atoms with van der Waals surface area (Å²) in [6.07, 6.45) is 2.35. The summed E-state index contributed by atoms with van der Waals surface area (Å²) in [5, 5.41) is 5.99. The third kappa shape index (κ3) is 5.59. The number of nitrogens with zero attached hydrogens (tertiary/aromatic N) is 3. The fraction of sp³-hybridized carbons (Fsp3) is 0.389. The Balaban J connectivity index is 2.00. The van der Waals surface area contributed by atoms with E-state index in [2.05, 4.69) is 25.5 Å². The van der Waals surface area contributed by atoms with Crippen LogP contribution in [0.1, 0.15) is 16.9 Å². The van der Waals surface area contributed by atoms with Gasteiger partial charge in [-0.05, 0) is 39.2 Å². The summed E-state index contributed by atoms with van der Waals surface area (Å²) in [6, 6.07) is 6.79. The minimum Gasteiger partial charge on any atom is -0.493 e. The van der Waals surface area contributed by atoms with Crippen LogP contribution in [0.25, 0.3) is 0 Å². The molecule has 8 heteroatoms. The average molecular weight is 359 g/mol. The average Bonchev–Trinajstić information content (AvgIpc) is 2.65. The number of amides is 1. The smallest absolute Gasteiger partial charge is 0.274 e. The Morgan fingerprint density at radius 3 is 2.58 bits per heavy atom. The standard InChI is InChI=1S/C18H25N5O3/c1-23(2)9-5-8-19-17-11-14(20-12-21-17)18(24)22-13-6-7-15(25-3)16(10-13)26-4/h6-7,10-12H,5,8-9H2,1-4H3,(H,22,24)(H,19,20,21). The lowest BCUT2D eigenvalue weighted by Crippen LogP contribution is -2.17. The third-order valence-corrected chi connectivity index (χ3v) is 3.63. The first kappa shape index (κ1) is 19.5. The van der Waals surface area contributed by atoms with Gasteiger partial charge in [-0.15, -0.1) is 0 Å². The number of hydrogen-bond acceptors (Lipinski definition) is 7. The molecule has 1 aromatic heterocycles. The van der Waals surface area contributed by atoms with E-state index in [1.54, 1.807) is 38.5 Å². The molecular formula is C18H25N5O3. The maximum Gasteiger partial charge on any atom is 0.274 e. The van der Waals surface area contributed by atoms with Crippen LogP contribution in [0.3, 0.4) is 0 Å². The molecule has 2 aromatic rings. The minimum absolute atomic E-state index is 0.282. The van der Waals surface area contributed by atoms with Crippen LogP contribution in [0, 0.1) is 0 Å². The van der Waals surface area contributed by atoms with E-state index in [9.17, 15) is 4.79 Å². The van der Waals surface area contributed by atoms with Crippen molar-refractivity contribution in [2.24, 2.45) is 0 Å². The van der Waals surface area contributed by atoms with Crippen molar-refractivity contribution in [3.63, 3.8) is 0 Å². The zero-order valence-electron chi connectivity index (χ0n) is 15.6. The van der Waals surface area contributed by atoms with E-state index in [-0.39, 0.29) is 11.6 Å². The van der Waals surface area contributed by atoms with Crippen LogP contribution in [0.5, 0.6) is 11.5 Å². The number of rotatable bonds is 9. The van der Waals surface area contributed by atoms with Gasteiger partial charge in [0.2, 0.25) is 0 Å². The topological polar surface area (TPSA) is 88.6 Å². The number of aromatic nitrogens is 2. The number of nitrogens with one attached hydrogen (secondary N) is 2. The highest BCUT2D eigenvalue weighted by molar-refractivity contribution is 6.03. The predicted molar refractivity (Wildman–Crippen MR) is 101 cm³/mol. The van der Waals surface area contributed by atoms with E-state index in [1.807, 2.05) is 14.1 Å². The lowest BCUT2D eigenvalue weighted by atomic mass is 10.2. The van der Waals surface area contributed by atoms with E-state index < -0.39 is 0 Å². The quantitative estimate of drug-likeness (QED) is 0.663. The van der Waals surface area contributed by atoms with E-state index in [4.69, 9.17) is 9.47 Å². The highest BCUT2D eigenvalue weighted by Crippen LogP contribution is 2.29. The largest absolute Gasteiger partial charge is 0.493 e. The Kier molecular flexibility index (Phi) is 7.16. The van der Waals surface area contributed by atoms with Crippen LogP contribution >= 0.6 is 0 Å². The zero-order valence-corrected chi connectivity index (χ0v) is 15.6. The van der Waals surface area contributed by atoms with Gasteiger partial charge in [-0.3, -0.25) is 4.79 Å². The molecule has 0 aliphatic heterocycles. The van der Waals surface area contributed by atoms with Gasteiger partial charge >= 0.3 is 0 Å². The lowest BCUT2D eigenvalue weighted by Gasteiger charge is -2.11. The van der Waals surface area contributed by atoms with Crippen molar-refractivity contribution in [3.05, 3.63) is 36.3 Å². The number of benzene rings is 1. The Morgan fingerprint density at radius 2 is 1.88 bits per heavy atom. The van der Waals surface area contributed by atoms with Crippen molar-refractivity contribution in [1.29, 1.82) is 0 Å². The minimum atomic E-state index is -0.323. The second-order valence-electron chi connectivity index (χ2n) is 5.90. The van der Waals surface area contributed by atoms with Gasteiger partial charge < -0.3 is 25.0 Å². The summed E-state index contributed by atoms with van der Waals surface area (Å²) >= 11 is 0. The van der Waals surface area contributed by atoms with Crippen molar-refractivity contribution < 1.29 is 14.3 Å². The summed E-state index contributed by atoms with van der Waals surface area (Å²) in [5.41, 5.74) is 0.872. The molecule has 1 aromatic carbocycles. The highest BCUT2D eigenvalue weighted by atomic mass is 16.5. The van der Waals surface area contributed by atoms with E-state index in [0.717, 1.165) is 19.5 Å². The third-order valence-electron chi connectivity index (χ3n) is 3.63. The molecule has 0 fully saturated rings. The van der Waals surface area contributed by atoms with Crippen molar-refractivity contribution in [3.8, 4) is 11.5 Å². The Bertz CT molecular complexity index is 737. The number of anilines is 2. The van der Waals surface area contributed by atoms with Crippen LogP contribution < -0.4 is 20.1 Å². The molecule has 1 heterocycles. The van der Waals surface area contributed by atoms with Crippen LogP contribution in [-0.2, 0) is 0 Å². The van der Waals surface area contributed by atoms with Crippen LogP contribution in [0.15, 0.2) is 30.6 Å². The number of ether oxygens (including phenoxy) is 2. The van der Waals surface area contributed by atoms with Crippen molar-refractivity contribution in [1.82, 2.24) is 14.9 Å². The molecule has 0 saturated carbocycles. The van der Waals surface area contributed by atoms with Gasteiger partial charge in [-0.2, -0.15) is 0 Å². The molecule has 26 heavy (non-hydrogen) atoms. The van der Waals surface area contributed by atoms with Crippen LogP contribution in [0.4, 0.5) is 11.5 Å². The van der Waals surface area contributed by atoms with E-state index >= 15 is 0 Å². The van der Waals surface area contributed by atoms with Crippen molar-refractivity contribution in [2.45, 2.75) is 6.42 Å². The molecule has 0 unspecified atom stereocenters. The molecule has 140 valence electrons. The molecule has 2 N–H and O–H groups in total. The van der Waals surface area contributed by atoms with Crippen molar-refractivity contribution >= 4 is 17.4 Å². The maximum atomic E-state index is 12.4. The number of carbonyl (C=O) groups is 1. The van der Waals surface area contributed by atoms with Gasteiger partial charge in [-0.25, -0.2) is 9.97 Å². The molecule has 0 bridgehead atoms. The Morgan fingerprint density at radius 1 is 1.12 bits per heavy atom. The van der Waals surface area contributed by atoms with Crippen molar-refractivity contribution in [2.75, 3.05) is 52.0 Å². The SMILES string of the molecule is COc1ccc(NC(=O)c2cc(NCCCN(C)C)ncn2)cc1OC. The van der Waals surface area contributed by atoms with Gasteiger partial charge in [0.05, 0.1) is 14.2 Å². The van der Waals surface area contributed by atoms with Crippen LogP contribution in [0.2, 0.25) is 0 Å². The molecule has 0 radical (unpaired) electrons. The number of hydrogen-bond donors (Lipinski definition) is 2. The first-order chi connectivity index (χ1) is 12.5. The number of methoxy groups -OCH3 is 2. The molecule has 0 saturated heterocycles. The fourth-order valence-electron chi connectivity index (χ4n) is 2.30. The van der Waals surface area contributed by atoms with Gasteiger partial charge in [0.15, 0.2) is 11.5 Å². The lowest BCUT2D eigenvalue weighted by molar-refractivity contribution is 0.102. The first-order valence-electron chi connectivity index (χ1n) is 8.27. The van der Waals surface area contributed by atoms with Gasteiger partial charge in [-0.1, -0.05) is 0 Å². The molecule has 8 nitrogen and oxygen atoms in total. The molecule has 0 atom stereocenters. The molecular weight excluding hydrogens is 334 g/mol. The summed E-state index contributed by atoms with van der Waals surface area (Å²) in [6.45, 7) is 1.75. The van der Waals surface area contributed by atoms with Crippen LogP contribution in [-0.4, -0.2) is 62.2 Å². The summed E-state index contributed by atoms with van der Waals surface area (Å²) in [7, 11) is 7.16. The zero-order chi connectivity index (χ0) is 18.9.